The molecule has 0 atom stereocenters. The number of amides is 2. The van der Waals surface area contributed by atoms with Gasteiger partial charge in [0.25, 0.3) is 0 Å². The Hall–Kier alpha value is -3.39. The first-order valence-corrected chi connectivity index (χ1v) is 10.2. The highest BCUT2D eigenvalue weighted by molar-refractivity contribution is 7.13. The molecule has 3 rings (SSSR count). The van der Waals surface area contributed by atoms with Crippen LogP contribution in [0.3, 0.4) is 0 Å². The van der Waals surface area contributed by atoms with E-state index in [4.69, 9.17) is 9.47 Å². The van der Waals surface area contributed by atoms with Gasteiger partial charge in [0.2, 0.25) is 11.8 Å². The van der Waals surface area contributed by atoms with Gasteiger partial charge in [0.15, 0.2) is 11.5 Å². The second kappa shape index (κ2) is 10.4. The number of benzene rings is 2. The number of rotatable bonds is 9. The van der Waals surface area contributed by atoms with E-state index in [1.807, 2.05) is 53.9 Å². The van der Waals surface area contributed by atoms with Crippen molar-refractivity contribution in [1.82, 2.24) is 15.6 Å². The largest absolute Gasteiger partial charge is 0.493 e. The summed E-state index contributed by atoms with van der Waals surface area (Å²) in [6, 6.07) is 15.1. The molecule has 156 valence electrons. The average Bonchev–Trinajstić information content (AvgIpc) is 3.24. The number of hydrogen-bond acceptors (Lipinski definition) is 6. The van der Waals surface area contributed by atoms with Gasteiger partial charge in [-0.1, -0.05) is 30.3 Å². The molecule has 2 aromatic carbocycles. The van der Waals surface area contributed by atoms with Crippen molar-refractivity contribution in [1.29, 1.82) is 0 Å². The molecule has 0 bridgehead atoms. The van der Waals surface area contributed by atoms with Crippen LogP contribution in [-0.2, 0) is 22.6 Å². The van der Waals surface area contributed by atoms with Crippen molar-refractivity contribution in [3.63, 3.8) is 0 Å². The van der Waals surface area contributed by atoms with E-state index in [0.717, 1.165) is 16.1 Å². The number of aromatic nitrogens is 1. The maximum atomic E-state index is 12.2. The molecule has 30 heavy (non-hydrogen) atoms. The molecule has 8 heteroatoms. The lowest BCUT2D eigenvalue weighted by atomic mass is 10.2. The van der Waals surface area contributed by atoms with Crippen molar-refractivity contribution in [2.45, 2.75) is 13.0 Å². The number of nitrogens with zero attached hydrogens (tertiary/aromatic N) is 1. The summed E-state index contributed by atoms with van der Waals surface area (Å²) in [5, 5.41) is 8.01. The van der Waals surface area contributed by atoms with Gasteiger partial charge in [-0.15, -0.1) is 11.3 Å². The molecule has 0 fully saturated rings. The topological polar surface area (TPSA) is 89.5 Å². The van der Waals surface area contributed by atoms with E-state index in [2.05, 4.69) is 15.6 Å². The first kappa shape index (κ1) is 21.3. The van der Waals surface area contributed by atoms with Crippen LogP contribution in [0.4, 0.5) is 0 Å². The lowest BCUT2D eigenvalue weighted by molar-refractivity contribution is -0.125. The molecule has 0 aliphatic carbocycles. The smallest absolute Gasteiger partial charge is 0.239 e. The molecule has 2 N–H and O–H groups in total. The Morgan fingerprint density at radius 2 is 1.73 bits per heavy atom. The molecule has 0 aliphatic heterocycles. The Balaban J connectivity index is 1.49. The summed E-state index contributed by atoms with van der Waals surface area (Å²) in [6.07, 6.45) is 0.107. The number of nitrogens with one attached hydrogen (secondary N) is 2. The Morgan fingerprint density at radius 1 is 0.967 bits per heavy atom. The van der Waals surface area contributed by atoms with Crippen molar-refractivity contribution in [2.24, 2.45) is 0 Å². The van der Waals surface area contributed by atoms with Gasteiger partial charge in [0.05, 0.1) is 32.9 Å². The number of hydrogen-bond donors (Lipinski definition) is 2. The van der Waals surface area contributed by atoms with E-state index in [-0.39, 0.29) is 24.8 Å². The predicted molar refractivity (Wildman–Crippen MR) is 116 cm³/mol. The quantitative estimate of drug-likeness (QED) is 0.550. The van der Waals surface area contributed by atoms with E-state index in [9.17, 15) is 9.59 Å². The second-order valence-corrected chi connectivity index (χ2v) is 7.29. The third-order valence-corrected chi connectivity index (χ3v) is 5.24. The number of ether oxygens (including phenoxy) is 2. The van der Waals surface area contributed by atoms with Crippen LogP contribution in [0.5, 0.6) is 11.5 Å². The van der Waals surface area contributed by atoms with Crippen LogP contribution in [-0.4, -0.2) is 37.6 Å². The molecule has 0 unspecified atom stereocenters. The third kappa shape index (κ3) is 5.81. The Morgan fingerprint density at radius 3 is 2.47 bits per heavy atom. The minimum absolute atomic E-state index is 0.0711. The number of thiazole rings is 1. The molecule has 0 radical (unpaired) electrons. The van der Waals surface area contributed by atoms with Crippen molar-refractivity contribution >= 4 is 23.2 Å². The summed E-state index contributed by atoms with van der Waals surface area (Å²) in [5.41, 5.74) is 2.53. The van der Waals surface area contributed by atoms with Crippen LogP contribution in [0.25, 0.3) is 10.6 Å². The SMILES string of the molecule is COc1ccc(-c2nc(CC(=O)NCC(=O)NCc3ccccc3)cs2)cc1OC. The second-order valence-electron chi connectivity index (χ2n) is 6.43. The molecule has 0 saturated heterocycles. The highest BCUT2D eigenvalue weighted by Gasteiger charge is 2.12. The fourth-order valence-electron chi connectivity index (χ4n) is 2.75. The molecule has 0 aliphatic rings. The van der Waals surface area contributed by atoms with Gasteiger partial charge < -0.3 is 20.1 Å². The van der Waals surface area contributed by atoms with Crippen LogP contribution in [0.1, 0.15) is 11.3 Å². The lowest BCUT2D eigenvalue weighted by Crippen LogP contribution is -2.37. The summed E-state index contributed by atoms with van der Waals surface area (Å²) in [7, 11) is 3.16. The van der Waals surface area contributed by atoms with Crippen LogP contribution in [0.2, 0.25) is 0 Å². The normalized spacial score (nSPS) is 10.3. The van der Waals surface area contributed by atoms with Crippen molar-refractivity contribution in [3.05, 3.63) is 65.2 Å². The number of carbonyl (C=O) groups is 2. The maximum absolute atomic E-state index is 12.2. The van der Waals surface area contributed by atoms with Gasteiger partial charge in [-0.3, -0.25) is 9.59 Å². The maximum Gasteiger partial charge on any atom is 0.239 e. The zero-order valence-corrected chi connectivity index (χ0v) is 17.6. The van der Waals surface area contributed by atoms with Crippen LogP contribution in [0, 0.1) is 0 Å². The number of carbonyl (C=O) groups excluding carboxylic acids is 2. The van der Waals surface area contributed by atoms with Crippen molar-refractivity contribution in [3.8, 4) is 22.1 Å². The minimum Gasteiger partial charge on any atom is -0.493 e. The third-order valence-electron chi connectivity index (χ3n) is 4.30. The van der Waals surface area contributed by atoms with Crippen LogP contribution in [0.15, 0.2) is 53.9 Å². The predicted octanol–water partition coefficient (Wildman–Crippen LogP) is 2.80. The molecule has 0 spiro atoms. The summed E-state index contributed by atoms with van der Waals surface area (Å²) in [6.45, 7) is 0.356. The lowest BCUT2D eigenvalue weighted by Gasteiger charge is -2.08. The van der Waals surface area contributed by atoms with E-state index in [0.29, 0.717) is 23.7 Å². The monoisotopic (exact) mass is 425 g/mol. The molecule has 1 heterocycles. The summed E-state index contributed by atoms with van der Waals surface area (Å²) in [5.74, 6) is 0.763. The molecule has 0 saturated carbocycles. The Kier molecular flexibility index (Phi) is 7.40. The summed E-state index contributed by atoms with van der Waals surface area (Å²) < 4.78 is 10.6. The summed E-state index contributed by atoms with van der Waals surface area (Å²) >= 11 is 1.44. The zero-order chi connectivity index (χ0) is 21.3. The van der Waals surface area contributed by atoms with Gasteiger partial charge in [0.1, 0.15) is 5.01 Å². The summed E-state index contributed by atoms with van der Waals surface area (Å²) in [4.78, 5) is 28.6. The molecule has 7 nitrogen and oxygen atoms in total. The fourth-order valence-corrected chi connectivity index (χ4v) is 3.57. The Labute approximate surface area is 179 Å². The van der Waals surface area contributed by atoms with Gasteiger partial charge in [-0.05, 0) is 23.8 Å². The zero-order valence-electron chi connectivity index (χ0n) is 16.8. The van der Waals surface area contributed by atoms with E-state index < -0.39 is 0 Å². The van der Waals surface area contributed by atoms with Crippen LogP contribution >= 0.6 is 11.3 Å². The van der Waals surface area contributed by atoms with Crippen LogP contribution < -0.4 is 20.1 Å². The fraction of sp³-hybridized carbons (Fsp3) is 0.227. The highest BCUT2D eigenvalue weighted by Crippen LogP contribution is 2.33. The van der Waals surface area contributed by atoms with Gasteiger partial charge in [-0.25, -0.2) is 4.98 Å². The first-order chi connectivity index (χ1) is 14.6. The Bertz CT molecular complexity index is 1000. The molecular formula is C22H23N3O4S. The molecule has 3 aromatic rings. The van der Waals surface area contributed by atoms with E-state index >= 15 is 0 Å². The van der Waals surface area contributed by atoms with Gasteiger partial charge in [-0.2, -0.15) is 0 Å². The van der Waals surface area contributed by atoms with Crippen molar-refractivity contribution < 1.29 is 19.1 Å². The van der Waals surface area contributed by atoms with Crippen molar-refractivity contribution in [2.75, 3.05) is 20.8 Å². The van der Waals surface area contributed by atoms with Gasteiger partial charge in [0, 0.05) is 17.5 Å². The highest BCUT2D eigenvalue weighted by atomic mass is 32.1. The molecule has 2 amide bonds. The molecule has 1 aromatic heterocycles. The standard InChI is InChI=1S/C22H23N3O4S/c1-28-18-9-8-16(10-19(18)29-2)22-25-17(14-30-22)11-20(26)24-13-21(27)23-12-15-6-4-3-5-7-15/h3-10,14H,11-13H2,1-2H3,(H,23,27)(H,24,26). The number of methoxy groups -OCH3 is 2. The minimum atomic E-state index is -0.256. The first-order valence-electron chi connectivity index (χ1n) is 9.33. The van der Waals surface area contributed by atoms with Gasteiger partial charge >= 0.3 is 0 Å². The van der Waals surface area contributed by atoms with E-state index in [1.165, 1.54) is 11.3 Å². The molecular weight excluding hydrogens is 402 g/mol. The van der Waals surface area contributed by atoms with E-state index in [1.54, 1.807) is 14.2 Å². The average molecular weight is 426 g/mol.